The van der Waals surface area contributed by atoms with Crippen LogP contribution in [0.5, 0.6) is 0 Å². The molecule has 1 aromatic rings. The molecule has 2 rings (SSSR count). The average Bonchev–Trinajstić information content (AvgIpc) is 2.64. The summed E-state index contributed by atoms with van der Waals surface area (Å²) in [5, 5.41) is 2.89. The smallest absolute Gasteiger partial charge is 0.149 e. The fourth-order valence-electron chi connectivity index (χ4n) is 2.46. The van der Waals surface area contributed by atoms with Crippen LogP contribution < -0.4 is 10.2 Å². The van der Waals surface area contributed by atoms with E-state index in [1.54, 1.807) is 7.05 Å². The highest BCUT2D eigenvalue weighted by Crippen LogP contribution is 2.31. The Morgan fingerprint density at radius 2 is 2.00 bits per heavy atom. The lowest BCUT2D eigenvalue weighted by atomic mass is 10.1. The molecule has 1 aromatic carbocycles. The van der Waals surface area contributed by atoms with E-state index in [9.17, 15) is 8.78 Å². The zero-order valence-corrected chi connectivity index (χ0v) is 10.3. The molecule has 0 aliphatic carbocycles. The van der Waals surface area contributed by atoms with Gasteiger partial charge in [-0.2, -0.15) is 0 Å². The number of halogens is 2. The van der Waals surface area contributed by atoms with E-state index in [2.05, 4.69) is 5.32 Å². The van der Waals surface area contributed by atoms with Crippen molar-refractivity contribution < 1.29 is 8.78 Å². The van der Waals surface area contributed by atoms with Gasteiger partial charge in [-0.25, -0.2) is 8.78 Å². The quantitative estimate of drug-likeness (QED) is 0.873. The lowest BCUT2D eigenvalue weighted by Crippen LogP contribution is -2.28. The van der Waals surface area contributed by atoms with Gasteiger partial charge < -0.3 is 10.2 Å². The summed E-state index contributed by atoms with van der Waals surface area (Å²) in [4.78, 5) is 1.83. The van der Waals surface area contributed by atoms with Gasteiger partial charge in [-0.05, 0) is 44.5 Å². The lowest BCUT2D eigenvalue weighted by molar-refractivity contribution is 0.563. The summed E-state index contributed by atoms with van der Waals surface area (Å²) in [7, 11) is 1.76. The monoisotopic (exact) mass is 240 g/mol. The summed E-state index contributed by atoms with van der Waals surface area (Å²) in [5.74, 6) is -0.909. The largest absolute Gasteiger partial charge is 0.364 e. The first-order valence-corrected chi connectivity index (χ1v) is 6.02. The molecule has 1 aliphatic heterocycles. The van der Waals surface area contributed by atoms with Gasteiger partial charge in [0.2, 0.25) is 0 Å². The Morgan fingerprint density at radius 3 is 2.47 bits per heavy atom. The van der Waals surface area contributed by atoms with Crippen LogP contribution in [0, 0.1) is 11.6 Å². The second kappa shape index (κ2) is 5.00. The summed E-state index contributed by atoms with van der Waals surface area (Å²) in [6, 6.07) is 3.05. The number of nitrogens with zero attached hydrogens (tertiary/aromatic N) is 1. The van der Waals surface area contributed by atoms with Gasteiger partial charge >= 0.3 is 0 Å². The second-order valence-electron chi connectivity index (χ2n) is 4.62. The van der Waals surface area contributed by atoms with Crippen molar-refractivity contribution in [2.75, 3.05) is 18.5 Å². The lowest BCUT2D eigenvalue weighted by Gasteiger charge is -2.25. The van der Waals surface area contributed by atoms with Gasteiger partial charge in [-0.3, -0.25) is 0 Å². The van der Waals surface area contributed by atoms with E-state index in [1.165, 1.54) is 12.1 Å². The molecule has 1 fully saturated rings. The topological polar surface area (TPSA) is 15.3 Å². The molecule has 94 valence electrons. The summed E-state index contributed by atoms with van der Waals surface area (Å²) in [5.41, 5.74) is 0.771. The molecule has 1 saturated heterocycles. The van der Waals surface area contributed by atoms with Crippen molar-refractivity contribution in [2.45, 2.75) is 32.4 Å². The molecular weight excluding hydrogens is 222 g/mol. The Morgan fingerprint density at radius 1 is 1.35 bits per heavy atom. The third kappa shape index (κ3) is 2.41. The molecule has 0 amide bonds. The third-order valence-corrected chi connectivity index (χ3v) is 3.30. The van der Waals surface area contributed by atoms with Crippen molar-refractivity contribution in [1.82, 2.24) is 5.32 Å². The summed E-state index contributed by atoms with van der Waals surface area (Å²) >= 11 is 0. The van der Waals surface area contributed by atoms with Gasteiger partial charge in [0.1, 0.15) is 17.3 Å². The van der Waals surface area contributed by atoms with Gasteiger partial charge in [-0.1, -0.05) is 0 Å². The molecule has 2 nitrogen and oxygen atoms in total. The highest BCUT2D eigenvalue weighted by atomic mass is 19.1. The number of rotatable bonds is 3. The maximum absolute atomic E-state index is 14.0. The molecule has 1 unspecified atom stereocenters. The van der Waals surface area contributed by atoms with Gasteiger partial charge in [0.25, 0.3) is 0 Å². The minimum absolute atomic E-state index is 0.134. The molecule has 17 heavy (non-hydrogen) atoms. The minimum Gasteiger partial charge on any atom is -0.364 e. The van der Waals surface area contributed by atoms with Gasteiger partial charge in [-0.15, -0.1) is 0 Å². The Labute approximate surface area is 101 Å². The van der Waals surface area contributed by atoms with Crippen LogP contribution in [-0.4, -0.2) is 19.6 Å². The number of nitrogens with one attached hydrogen (secondary N) is 1. The predicted molar refractivity (Wildman–Crippen MR) is 65.2 cm³/mol. The first-order chi connectivity index (χ1) is 8.13. The number of benzene rings is 1. The standard InChI is InChI=1S/C13H18F2N2/c1-9-4-3-5-17(9)13-11(14)6-10(8-16-2)7-12(13)15/h6-7,9,16H,3-5,8H2,1-2H3. The molecule has 1 N–H and O–H groups in total. The van der Waals surface area contributed by atoms with Crippen LogP contribution in [0.25, 0.3) is 0 Å². The second-order valence-corrected chi connectivity index (χ2v) is 4.62. The number of anilines is 1. The Kier molecular flexibility index (Phi) is 3.62. The van der Waals surface area contributed by atoms with E-state index in [0.717, 1.165) is 19.4 Å². The average molecular weight is 240 g/mol. The molecular formula is C13H18F2N2. The summed E-state index contributed by atoms with van der Waals surface area (Å²) < 4.78 is 27.9. The molecule has 0 spiro atoms. The van der Waals surface area contributed by atoms with Crippen molar-refractivity contribution in [3.8, 4) is 0 Å². The van der Waals surface area contributed by atoms with E-state index in [4.69, 9.17) is 0 Å². The molecule has 1 aliphatic rings. The van der Waals surface area contributed by atoms with Crippen molar-refractivity contribution >= 4 is 5.69 Å². The van der Waals surface area contributed by atoms with E-state index < -0.39 is 11.6 Å². The highest BCUT2D eigenvalue weighted by Gasteiger charge is 2.26. The SMILES string of the molecule is CNCc1cc(F)c(N2CCCC2C)c(F)c1. The first-order valence-electron chi connectivity index (χ1n) is 6.02. The zero-order chi connectivity index (χ0) is 12.4. The van der Waals surface area contributed by atoms with Crippen LogP contribution in [0.15, 0.2) is 12.1 Å². The summed E-state index contributed by atoms with van der Waals surface area (Å²) in [6.45, 7) is 3.22. The van der Waals surface area contributed by atoms with E-state index >= 15 is 0 Å². The Bertz CT molecular complexity index is 383. The molecule has 4 heteroatoms. The van der Waals surface area contributed by atoms with Crippen molar-refractivity contribution in [3.05, 3.63) is 29.3 Å². The van der Waals surface area contributed by atoms with Crippen LogP contribution in [-0.2, 0) is 6.54 Å². The van der Waals surface area contributed by atoms with Gasteiger partial charge in [0.05, 0.1) is 0 Å². The molecule has 1 atom stereocenters. The van der Waals surface area contributed by atoms with E-state index in [1.807, 2.05) is 11.8 Å². The fourth-order valence-corrected chi connectivity index (χ4v) is 2.46. The molecule has 0 saturated carbocycles. The van der Waals surface area contributed by atoms with Crippen LogP contribution in [0.3, 0.4) is 0 Å². The van der Waals surface area contributed by atoms with Gasteiger partial charge in [0.15, 0.2) is 0 Å². The van der Waals surface area contributed by atoms with Crippen molar-refractivity contribution in [2.24, 2.45) is 0 Å². The van der Waals surface area contributed by atoms with E-state index in [0.29, 0.717) is 12.1 Å². The first kappa shape index (κ1) is 12.3. The molecule has 0 radical (unpaired) electrons. The van der Waals surface area contributed by atoms with Crippen LogP contribution >= 0.6 is 0 Å². The van der Waals surface area contributed by atoms with Crippen LogP contribution in [0.1, 0.15) is 25.3 Å². The van der Waals surface area contributed by atoms with E-state index in [-0.39, 0.29) is 11.7 Å². The maximum atomic E-state index is 14.0. The highest BCUT2D eigenvalue weighted by molar-refractivity contribution is 5.52. The number of hydrogen-bond donors (Lipinski definition) is 1. The van der Waals surface area contributed by atoms with Crippen LogP contribution in [0.2, 0.25) is 0 Å². The molecule has 0 aromatic heterocycles. The Balaban J connectivity index is 2.34. The number of hydrogen-bond acceptors (Lipinski definition) is 2. The van der Waals surface area contributed by atoms with Crippen molar-refractivity contribution in [3.63, 3.8) is 0 Å². The fraction of sp³-hybridized carbons (Fsp3) is 0.538. The minimum atomic E-state index is -0.455. The predicted octanol–water partition coefficient (Wildman–Crippen LogP) is 2.67. The molecule has 1 heterocycles. The summed E-state index contributed by atoms with van der Waals surface area (Å²) in [6.07, 6.45) is 2.00. The zero-order valence-electron chi connectivity index (χ0n) is 10.3. The molecule has 0 bridgehead atoms. The Hall–Kier alpha value is -1.16. The maximum Gasteiger partial charge on any atom is 0.149 e. The third-order valence-electron chi connectivity index (χ3n) is 3.30. The van der Waals surface area contributed by atoms with Crippen molar-refractivity contribution in [1.29, 1.82) is 0 Å². The van der Waals surface area contributed by atoms with Gasteiger partial charge in [0, 0.05) is 19.1 Å². The normalized spacial score (nSPS) is 20.0. The van der Waals surface area contributed by atoms with Crippen LogP contribution in [0.4, 0.5) is 14.5 Å².